The van der Waals surface area contributed by atoms with Gasteiger partial charge in [-0.1, -0.05) is 59.7 Å². The molecule has 20 heavy (non-hydrogen) atoms. The molecule has 0 aromatic heterocycles. The molecule has 2 rings (SSSR count). The van der Waals surface area contributed by atoms with Gasteiger partial charge >= 0.3 is 0 Å². The van der Waals surface area contributed by atoms with E-state index in [4.69, 9.17) is 0 Å². The molecule has 1 saturated carbocycles. The van der Waals surface area contributed by atoms with E-state index in [1.54, 1.807) is 0 Å². The van der Waals surface area contributed by atoms with Crippen LogP contribution in [-0.2, 0) is 0 Å². The Bertz CT molecular complexity index is 471. The maximum absolute atomic E-state index is 3.58. The molecular formula is C19H31N. The molecule has 0 heterocycles. The van der Waals surface area contributed by atoms with Crippen LogP contribution in [0.4, 0.5) is 0 Å². The zero-order valence-corrected chi connectivity index (χ0v) is 14.2. The highest BCUT2D eigenvalue weighted by atomic mass is 14.9. The topological polar surface area (TPSA) is 12.0 Å². The lowest BCUT2D eigenvalue weighted by Crippen LogP contribution is -2.22. The van der Waals surface area contributed by atoms with Crippen LogP contribution in [0.25, 0.3) is 0 Å². The summed E-state index contributed by atoms with van der Waals surface area (Å²) in [4.78, 5) is 0. The third kappa shape index (κ3) is 2.93. The summed E-state index contributed by atoms with van der Waals surface area (Å²) in [6.45, 7) is 14.0. The van der Waals surface area contributed by atoms with Crippen molar-refractivity contribution in [2.24, 2.45) is 11.3 Å². The van der Waals surface area contributed by atoms with Gasteiger partial charge < -0.3 is 5.32 Å². The number of hydrogen-bond acceptors (Lipinski definition) is 1. The molecule has 112 valence electrons. The van der Waals surface area contributed by atoms with Crippen molar-refractivity contribution in [3.05, 3.63) is 34.9 Å². The van der Waals surface area contributed by atoms with Gasteiger partial charge in [-0.05, 0) is 53.3 Å². The van der Waals surface area contributed by atoms with E-state index in [2.05, 4.69) is 72.1 Å². The van der Waals surface area contributed by atoms with E-state index in [-0.39, 0.29) is 0 Å². The summed E-state index contributed by atoms with van der Waals surface area (Å²) in [6.07, 6.45) is 1.34. The smallest absolute Gasteiger partial charge is 0.0354 e. The van der Waals surface area contributed by atoms with Crippen LogP contribution in [0.15, 0.2) is 18.2 Å². The lowest BCUT2D eigenvalue weighted by atomic mass is 9.86. The molecule has 2 unspecified atom stereocenters. The Balaban J connectivity index is 2.39. The Kier molecular flexibility index (Phi) is 4.30. The van der Waals surface area contributed by atoms with Crippen LogP contribution in [0.2, 0.25) is 0 Å². The third-order valence-corrected chi connectivity index (χ3v) is 5.04. The van der Waals surface area contributed by atoms with E-state index >= 15 is 0 Å². The largest absolute Gasteiger partial charge is 0.313 e. The minimum Gasteiger partial charge on any atom is -0.313 e. The number of hydrogen-bond donors (Lipinski definition) is 1. The summed E-state index contributed by atoms with van der Waals surface area (Å²) in [5.41, 5.74) is 5.00. The summed E-state index contributed by atoms with van der Waals surface area (Å²) in [6, 6.07) is 7.64. The molecule has 0 saturated heterocycles. The summed E-state index contributed by atoms with van der Waals surface area (Å²) in [5.74, 6) is 1.96. The zero-order chi connectivity index (χ0) is 15.1. The minimum absolute atomic E-state index is 0.499. The zero-order valence-electron chi connectivity index (χ0n) is 14.2. The van der Waals surface area contributed by atoms with E-state index in [0.717, 1.165) is 5.92 Å². The lowest BCUT2D eigenvalue weighted by molar-refractivity contribution is 0.437. The second-order valence-corrected chi connectivity index (χ2v) is 7.76. The van der Waals surface area contributed by atoms with E-state index in [9.17, 15) is 0 Å². The molecule has 0 radical (unpaired) electrons. The van der Waals surface area contributed by atoms with Crippen LogP contribution < -0.4 is 5.32 Å². The number of nitrogens with one attached hydrogen (secondary N) is 1. The summed E-state index contributed by atoms with van der Waals surface area (Å²) in [5, 5.41) is 3.58. The Hall–Kier alpha value is -0.820. The average Bonchev–Trinajstić information content (AvgIpc) is 2.98. The number of benzene rings is 1. The molecule has 0 spiro atoms. The molecule has 1 nitrogen and oxygen atoms in total. The van der Waals surface area contributed by atoms with Crippen LogP contribution >= 0.6 is 0 Å². The molecule has 0 amide bonds. The first-order chi connectivity index (χ1) is 9.27. The molecule has 1 heteroatoms. The highest BCUT2D eigenvalue weighted by Gasteiger charge is 2.50. The monoisotopic (exact) mass is 273 g/mol. The predicted molar refractivity (Wildman–Crippen MR) is 88.3 cm³/mol. The van der Waals surface area contributed by atoms with Gasteiger partial charge in [0.05, 0.1) is 0 Å². The molecular weight excluding hydrogens is 242 g/mol. The van der Waals surface area contributed by atoms with Crippen molar-refractivity contribution < 1.29 is 0 Å². The Morgan fingerprint density at radius 3 is 2.05 bits per heavy atom. The van der Waals surface area contributed by atoms with Gasteiger partial charge in [0.15, 0.2) is 0 Å². The maximum Gasteiger partial charge on any atom is 0.0354 e. The Morgan fingerprint density at radius 1 is 1.05 bits per heavy atom. The van der Waals surface area contributed by atoms with Crippen LogP contribution in [0.1, 0.15) is 82.5 Å². The van der Waals surface area contributed by atoms with Gasteiger partial charge in [-0.25, -0.2) is 0 Å². The van der Waals surface area contributed by atoms with Crippen LogP contribution in [0.5, 0.6) is 0 Å². The van der Waals surface area contributed by atoms with Crippen molar-refractivity contribution in [3.63, 3.8) is 0 Å². The van der Waals surface area contributed by atoms with Crippen molar-refractivity contribution in [1.82, 2.24) is 5.32 Å². The number of rotatable bonds is 5. The minimum atomic E-state index is 0.499. The van der Waals surface area contributed by atoms with E-state index in [1.165, 1.54) is 23.1 Å². The van der Waals surface area contributed by atoms with Gasteiger partial charge in [0.1, 0.15) is 0 Å². The normalized spacial score (nSPS) is 22.4. The molecule has 0 aliphatic heterocycles. The van der Waals surface area contributed by atoms with Gasteiger partial charge in [0.25, 0.3) is 0 Å². The van der Waals surface area contributed by atoms with Crippen LogP contribution in [0, 0.1) is 11.3 Å². The fourth-order valence-electron chi connectivity index (χ4n) is 3.39. The first-order valence-electron chi connectivity index (χ1n) is 8.09. The van der Waals surface area contributed by atoms with Gasteiger partial charge in [0, 0.05) is 6.04 Å². The van der Waals surface area contributed by atoms with Crippen molar-refractivity contribution in [2.45, 2.75) is 65.8 Å². The van der Waals surface area contributed by atoms with Crippen molar-refractivity contribution >= 4 is 0 Å². The van der Waals surface area contributed by atoms with Gasteiger partial charge in [-0.15, -0.1) is 0 Å². The molecule has 1 aliphatic rings. The standard InChI is InChI=1S/C19H31N/c1-12(2)14-8-9-15(16(10-14)13(3)4)18(20-7)17-11-19(17,5)6/h8-10,12-13,17-18,20H,11H2,1-7H3. The first-order valence-corrected chi connectivity index (χ1v) is 8.09. The van der Waals surface area contributed by atoms with Gasteiger partial charge in [0.2, 0.25) is 0 Å². The summed E-state index contributed by atoms with van der Waals surface area (Å²) < 4.78 is 0. The fourth-order valence-corrected chi connectivity index (χ4v) is 3.39. The first kappa shape index (κ1) is 15.6. The molecule has 1 aromatic carbocycles. The highest BCUT2D eigenvalue weighted by molar-refractivity contribution is 5.39. The second kappa shape index (κ2) is 5.52. The maximum atomic E-state index is 3.58. The molecule has 0 bridgehead atoms. The van der Waals surface area contributed by atoms with E-state index < -0.39 is 0 Å². The molecule has 1 aromatic rings. The molecule has 2 atom stereocenters. The summed E-state index contributed by atoms with van der Waals surface area (Å²) in [7, 11) is 2.11. The van der Waals surface area contributed by atoms with E-state index in [1.807, 2.05) is 0 Å². The Morgan fingerprint density at radius 2 is 1.65 bits per heavy atom. The van der Waals surface area contributed by atoms with Crippen LogP contribution in [0.3, 0.4) is 0 Å². The van der Waals surface area contributed by atoms with Crippen molar-refractivity contribution in [3.8, 4) is 0 Å². The average molecular weight is 273 g/mol. The van der Waals surface area contributed by atoms with Crippen molar-refractivity contribution in [1.29, 1.82) is 0 Å². The highest BCUT2D eigenvalue weighted by Crippen LogP contribution is 2.58. The van der Waals surface area contributed by atoms with E-state index in [0.29, 0.717) is 23.3 Å². The third-order valence-electron chi connectivity index (χ3n) is 5.04. The molecule has 1 fully saturated rings. The van der Waals surface area contributed by atoms with Crippen LogP contribution in [-0.4, -0.2) is 7.05 Å². The SMILES string of the molecule is CNC(c1ccc(C(C)C)cc1C(C)C)C1CC1(C)C. The van der Waals surface area contributed by atoms with Gasteiger partial charge in [-0.3, -0.25) is 0 Å². The predicted octanol–water partition coefficient (Wildman–Crippen LogP) is 5.24. The quantitative estimate of drug-likeness (QED) is 0.773. The molecule has 1 N–H and O–H groups in total. The fraction of sp³-hybridized carbons (Fsp3) is 0.684. The molecule has 1 aliphatic carbocycles. The summed E-state index contributed by atoms with van der Waals surface area (Å²) >= 11 is 0. The van der Waals surface area contributed by atoms with Gasteiger partial charge in [-0.2, -0.15) is 0 Å². The second-order valence-electron chi connectivity index (χ2n) is 7.76. The Labute approximate surface area is 125 Å². The lowest BCUT2D eigenvalue weighted by Gasteiger charge is -2.24. The van der Waals surface area contributed by atoms with Crippen molar-refractivity contribution in [2.75, 3.05) is 7.05 Å².